The summed E-state index contributed by atoms with van der Waals surface area (Å²) < 4.78 is 5.74. The summed E-state index contributed by atoms with van der Waals surface area (Å²) in [6.45, 7) is 7.02. The van der Waals surface area contributed by atoms with E-state index in [0.29, 0.717) is 16.5 Å². The standard InChI is InChI=1S/C16H19ClN2O/c1-4-18-12(3)15-8-7-13(9-16(15)17)20-14-6-5-11(2)19-10-14/h5-10,12,18H,4H2,1-3H3. The molecule has 1 unspecified atom stereocenters. The topological polar surface area (TPSA) is 34.1 Å². The molecule has 1 aromatic heterocycles. The molecule has 1 atom stereocenters. The van der Waals surface area contributed by atoms with Crippen LogP contribution in [0.2, 0.25) is 5.02 Å². The van der Waals surface area contributed by atoms with Crippen LogP contribution in [0.1, 0.15) is 31.1 Å². The van der Waals surface area contributed by atoms with Crippen molar-refractivity contribution in [2.45, 2.75) is 26.8 Å². The molecule has 0 aliphatic rings. The molecule has 0 saturated carbocycles. The minimum Gasteiger partial charge on any atom is -0.456 e. The zero-order valence-electron chi connectivity index (χ0n) is 12.0. The highest BCUT2D eigenvalue weighted by atomic mass is 35.5. The number of ether oxygens (including phenoxy) is 1. The molecule has 2 rings (SSSR count). The van der Waals surface area contributed by atoms with E-state index in [9.17, 15) is 0 Å². The maximum Gasteiger partial charge on any atom is 0.145 e. The molecule has 3 nitrogen and oxygen atoms in total. The first-order valence-corrected chi connectivity index (χ1v) is 7.11. The highest BCUT2D eigenvalue weighted by Crippen LogP contribution is 2.29. The number of pyridine rings is 1. The number of hydrogen-bond donors (Lipinski definition) is 1. The summed E-state index contributed by atoms with van der Waals surface area (Å²) in [5, 5.41) is 4.05. The molecule has 0 radical (unpaired) electrons. The fraction of sp³-hybridized carbons (Fsp3) is 0.312. The molecule has 0 aliphatic heterocycles. The fourth-order valence-corrected chi connectivity index (χ4v) is 2.32. The van der Waals surface area contributed by atoms with Crippen LogP contribution < -0.4 is 10.1 Å². The van der Waals surface area contributed by atoms with Crippen LogP contribution in [0.3, 0.4) is 0 Å². The number of aromatic nitrogens is 1. The van der Waals surface area contributed by atoms with Gasteiger partial charge in [-0.1, -0.05) is 24.6 Å². The van der Waals surface area contributed by atoms with Gasteiger partial charge in [0.2, 0.25) is 0 Å². The number of nitrogens with zero attached hydrogens (tertiary/aromatic N) is 1. The monoisotopic (exact) mass is 290 g/mol. The Morgan fingerprint density at radius 1 is 1.25 bits per heavy atom. The van der Waals surface area contributed by atoms with Gasteiger partial charge in [0.1, 0.15) is 11.5 Å². The minimum atomic E-state index is 0.225. The van der Waals surface area contributed by atoms with Crippen molar-refractivity contribution in [3.8, 4) is 11.5 Å². The van der Waals surface area contributed by atoms with Crippen molar-refractivity contribution in [2.24, 2.45) is 0 Å². The number of aryl methyl sites for hydroxylation is 1. The van der Waals surface area contributed by atoms with Crippen LogP contribution in [0, 0.1) is 6.92 Å². The van der Waals surface area contributed by atoms with Gasteiger partial charge in [-0.25, -0.2) is 0 Å². The molecular formula is C16H19ClN2O. The Bertz CT molecular complexity index is 569. The third kappa shape index (κ3) is 3.71. The van der Waals surface area contributed by atoms with E-state index in [1.165, 1.54) is 0 Å². The first-order chi connectivity index (χ1) is 9.60. The van der Waals surface area contributed by atoms with Crippen LogP contribution >= 0.6 is 11.6 Å². The lowest BCUT2D eigenvalue weighted by molar-refractivity contribution is 0.479. The molecule has 4 heteroatoms. The highest BCUT2D eigenvalue weighted by Gasteiger charge is 2.09. The molecule has 0 fully saturated rings. The first kappa shape index (κ1) is 14.8. The van der Waals surface area contributed by atoms with Gasteiger partial charge in [-0.05, 0) is 50.2 Å². The summed E-state index contributed by atoms with van der Waals surface area (Å²) >= 11 is 6.32. The van der Waals surface area contributed by atoms with Gasteiger partial charge in [-0.15, -0.1) is 0 Å². The fourth-order valence-electron chi connectivity index (χ4n) is 1.99. The average molecular weight is 291 g/mol. The lowest BCUT2D eigenvalue weighted by atomic mass is 10.1. The minimum absolute atomic E-state index is 0.225. The molecule has 1 aromatic carbocycles. The third-order valence-corrected chi connectivity index (χ3v) is 3.40. The SMILES string of the molecule is CCNC(C)c1ccc(Oc2ccc(C)nc2)cc1Cl. The van der Waals surface area contributed by atoms with Gasteiger partial charge >= 0.3 is 0 Å². The molecule has 20 heavy (non-hydrogen) atoms. The molecule has 0 saturated heterocycles. The van der Waals surface area contributed by atoms with Gasteiger partial charge in [0.25, 0.3) is 0 Å². The van der Waals surface area contributed by atoms with E-state index in [-0.39, 0.29) is 6.04 Å². The van der Waals surface area contributed by atoms with E-state index in [0.717, 1.165) is 17.8 Å². The zero-order valence-corrected chi connectivity index (χ0v) is 12.7. The first-order valence-electron chi connectivity index (χ1n) is 6.73. The van der Waals surface area contributed by atoms with Crippen LogP contribution in [0.5, 0.6) is 11.5 Å². The lowest BCUT2D eigenvalue weighted by Crippen LogP contribution is -2.17. The summed E-state index contributed by atoms with van der Waals surface area (Å²) in [6.07, 6.45) is 1.71. The molecule has 2 aromatic rings. The predicted molar refractivity (Wildman–Crippen MR) is 82.6 cm³/mol. The number of halogens is 1. The zero-order chi connectivity index (χ0) is 14.5. The van der Waals surface area contributed by atoms with E-state index in [1.54, 1.807) is 6.20 Å². The van der Waals surface area contributed by atoms with Crippen LogP contribution in [0.4, 0.5) is 0 Å². The summed E-state index contributed by atoms with van der Waals surface area (Å²) in [4.78, 5) is 4.20. The number of benzene rings is 1. The molecule has 0 spiro atoms. The summed E-state index contributed by atoms with van der Waals surface area (Å²) in [5.41, 5.74) is 2.04. The lowest BCUT2D eigenvalue weighted by Gasteiger charge is -2.15. The van der Waals surface area contributed by atoms with E-state index < -0.39 is 0 Å². The Morgan fingerprint density at radius 2 is 2.00 bits per heavy atom. The number of hydrogen-bond acceptors (Lipinski definition) is 3. The van der Waals surface area contributed by atoms with Crippen LogP contribution in [-0.4, -0.2) is 11.5 Å². The Labute approximate surface area is 124 Å². The largest absolute Gasteiger partial charge is 0.456 e. The van der Waals surface area contributed by atoms with Crippen molar-refractivity contribution in [3.63, 3.8) is 0 Å². The molecule has 0 bridgehead atoms. The van der Waals surface area contributed by atoms with E-state index in [1.807, 2.05) is 37.3 Å². The van der Waals surface area contributed by atoms with Gasteiger partial charge in [0, 0.05) is 16.8 Å². The van der Waals surface area contributed by atoms with Crippen molar-refractivity contribution in [1.82, 2.24) is 10.3 Å². The molecule has 0 amide bonds. The van der Waals surface area contributed by atoms with E-state index in [2.05, 4.69) is 24.1 Å². The van der Waals surface area contributed by atoms with E-state index in [4.69, 9.17) is 16.3 Å². The van der Waals surface area contributed by atoms with Crippen molar-refractivity contribution < 1.29 is 4.74 Å². The van der Waals surface area contributed by atoms with Gasteiger partial charge in [-0.2, -0.15) is 0 Å². The quantitative estimate of drug-likeness (QED) is 0.880. The maximum atomic E-state index is 6.32. The van der Waals surface area contributed by atoms with Crippen molar-refractivity contribution in [1.29, 1.82) is 0 Å². The van der Waals surface area contributed by atoms with Crippen molar-refractivity contribution in [3.05, 3.63) is 52.8 Å². The summed E-state index contributed by atoms with van der Waals surface area (Å²) in [6, 6.07) is 9.79. The molecule has 0 aliphatic carbocycles. The predicted octanol–water partition coefficient (Wildman–Crippen LogP) is 4.51. The van der Waals surface area contributed by atoms with Gasteiger partial charge in [0.15, 0.2) is 0 Å². The number of nitrogens with one attached hydrogen (secondary N) is 1. The van der Waals surface area contributed by atoms with Crippen LogP contribution in [0.25, 0.3) is 0 Å². The smallest absolute Gasteiger partial charge is 0.145 e. The van der Waals surface area contributed by atoms with E-state index >= 15 is 0 Å². The van der Waals surface area contributed by atoms with Crippen LogP contribution in [-0.2, 0) is 0 Å². The molecule has 106 valence electrons. The second kappa shape index (κ2) is 6.73. The van der Waals surface area contributed by atoms with Crippen LogP contribution in [0.15, 0.2) is 36.5 Å². The molecule has 1 heterocycles. The summed E-state index contributed by atoms with van der Waals surface area (Å²) in [5.74, 6) is 1.42. The second-order valence-electron chi connectivity index (χ2n) is 4.70. The maximum absolute atomic E-state index is 6.32. The van der Waals surface area contributed by atoms with Gasteiger partial charge in [-0.3, -0.25) is 4.98 Å². The second-order valence-corrected chi connectivity index (χ2v) is 5.11. The van der Waals surface area contributed by atoms with Gasteiger partial charge < -0.3 is 10.1 Å². The highest BCUT2D eigenvalue weighted by molar-refractivity contribution is 6.31. The number of rotatable bonds is 5. The average Bonchev–Trinajstić information content (AvgIpc) is 2.42. The Balaban J connectivity index is 2.14. The van der Waals surface area contributed by atoms with Crippen molar-refractivity contribution in [2.75, 3.05) is 6.54 Å². The van der Waals surface area contributed by atoms with Gasteiger partial charge in [0.05, 0.1) is 6.20 Å². The molecule has 1 N–H and O–H groups in total. The Morgan fingerprint density at radius 3 is 2.60 bits per heavy atom. The third-order valence-electron chi connectivity index (χ3n) is 3.07. The summed E-state index contributed by atoms with van der Waals surface area (Å²) in [7, 11) is 0. The Hall–Kier alpha value is -1.58. The Kier molecular flexibility index (Phi) is 4.99. The normalized spacial score (nSPS) is 12.2. The molecular weight excluding hydrogens is 272 g/mol. The van der Waals surface area contributed by atoms with Crippen molar-refractivity contribution >= 4 is 11.6 Å².